The number of aliphatic hydroxyl groups excluding tert-OH is 2. The van der Waals surface area contributed by atoms with Gasteiger partial charge in [0.05, 0.1) is 25.4 Å². The van der Waals surface area contributed by atoms with Crippen LogP contribution in [0.4, 0.5) is 0 Å². The Balaban J connectivity index is 1.26. The van der Waals surface area contributed by atoms with Crippen LogP contribution in [0.15, 0.2) is 72.8 Å². The summed E-state index contributed by atoms with van der Waals surface area (Å²) in [5.41, 5.74) is 5.98. The van der Waals surface area contributed by atoms with Crippen LogP contribution in [0.3, 0.4) is 0 Å². The maximum absolute atomic E-state index is 12.5. The van der Waals surface area contributed by atoms with E-state index in [-0.39, 0.29) is 49.2 Å². The molecule has 0 aliphatic carbocycles. The predicted octanol–water partition coefficient (Wildman–Crippen LogP) is 5.41. The van der Waals surface area contributed by atoms with E-state index in [0.29, 0.717) is 19.5 Å². The molecule has 2 saturated heterocycles. The number of unbranched alkanes of at least 4 members (excludes halogenated alkanes) is 2. The third-order valence-electron chi connectivity index (χ3n) is 9.69. The second kappa shape index (κ2) is 17.7. The smallest absolute Gasteiger partial charge is 0.220 e. The molecule has 2 heterocycles. The van der Waals surface area contributed by atoms with Crippen LogP contribution in [-0.4, -0.2) is 65.3 Å². The summed E-state index contributed by atoms with van der Waals surface area (Å²) in [6.07, 6.45) is 4.22. The largest absolute Gasteiger partial charge is 0.395 e. The molecule has 9 heteroatoms. The molecule has 2 fully saturated rings. The highest BCUT2D eigenvalue weighted by molar-refractivity contribution is 5.76. The number of carbonyl (C=O) groups is 2. The van der Waals surface area contributed by atoms with Crippen LogP contribution in [0.5, 0.6) is 0 Å². The van der Waals surface area contributed by atoms with Gasteiger partial charge in [-0.05, 0) is 60.0 Å². The van der Waals surface area contributed by atoms with Gasteiger partial charge in [0.1, 0.15) is 0 Å². The molecule has 0 spiro atoms. The Morgan fingerprint density at radius 1 is 0.896 bits per heavy atom. The fourth-order valence-electron chi connectivity index (χ4n) is 6.81. The lowest BCUT2D eigenvalue weighted by molar-refractivity contribution is -0.276. The molecule has 0 radical (unpaired) electrons. The Bertz CT molecular complexity index is 1460. The number of nitrogens with one attached hydrogen (secondary N) is 2. The van der Waals surface area contributed by atoms with E-state index in [1.165, 1.54) is 6.92 Å². The van der Waals surface area contributed by atoms with Crippen LogP contribution < -0.4 is 10.6 Å². The molecule has 2 aliphatic heterocycles. The van der Waals surface area contributed by atoms with E-state index in [1.54, 1.807) is 0 Å². The Kier molecular flexibility index (Phi) is 13.2. The predicted molar refractivity (Wildman–Crippen MR) is 186 cm³/mol. The van der Waals surface area contributed by atoms with Crippen molar-refractivity contribution in [2.45, 2.75) is 90.1 Å². The average Bonchev–Trinajstić information content (AvgIpc) is 3.57. The van der Waals surface area contributed by atoms with Gasteiger partial charge in [-0.15, -0.1) is 0 Å². The molecule has 48 heavy (non-hydrogen) atoms. The number of benzene rings is 3. The first-order chi connectivity index (χ1) is 23.4. The van der Waals surface area contributed by atoms with Crippen molar-refractivity contribution in [1.29, 1.82) is 0 Å². The fraction of sp³-hybridized carbons (Fsp3) is 0.487. The Labute approximate surface area is 284 Å². The van der Waals surface area contributed by atoms with Crippen molar-refractivity contribution in [3.63, 3.8) is 0 Å². The van der Waals surface area contributed by atoms with Crippen LogP contribution in [0.25, 0.3) is 11.1 Å². The molecule has 0 saturated carbocycles. The first-order valence-electron chi connectivity index (χ1n) is 17.4. The molecule has 9 nitrogen and oxygen atoms in total. The van der Waals surface area contributed by atoms with E-state index in [2.05, 4.69) is 52.8 Å². The Morgan fingerprint density at radius 2 is 1.65 bits per heavy atom. The van der Waals surface area contributed by atoms with E-state index in [4.69, 9.17) is 9.47 Å². The maximum atomic E-state index is 12.5. The fourth-order valence-corrected chi connectivity index (χ4v) is 6.81. The lowest BCUT2D eigenvalue weighted by atomic mass is 9.89. The lowest BCUT2D eigenvalue weighted by Gasteiger charge is -2.43. The number of ether oxygens (including phenoxy) is 2. The number of nitrogens with zero attached hydrogens (tertiary/aromatic N) is 1. The third kappa shape index (κ3) is 9.51. The van der Waals surface area contributed by atoms with Crippen LogP contribution in [0.2, 0.25) is 0 Å². The van der Waals surface area contributed by atoms with Gasteiger partial charge < -0.3 is 30.3 Å². The molecule has 4 N–H and O–H groups in total. The molecule has 0 unspecified atom stereocenters. The molecule has 2 aliphatic rings. The van der Waals surface area contributed by atoms with Crippen LogP contribution in [0, 0.1) is 5.92 Å². The number of likely N-dealkylation sites (tertiary alicyclic amines) is 1. The highest BCUT2D eigenvalue weighted by Crippen LogP contribution is 2.42. The van der Waals surface area contributed by atoms with Crippen molar-refractivity contribution in [2.75, 3.05) is 26.2 Å². The number of carbonyl (C=O) groups excluding carboxylic acids is 2. The second-order valence-electron chi connectivity index (χ2n) is 13.1. The number of aliphatic hydroxyl groups is 2. The number of hydrogen-bond acceptors (Lipinski definition) is 7. The van der Waals surface area contributed by atoms with Crippen molar-refractivity contribution in [3.8, 4) is 11.1 Å². The number of amides is 2. The summed E-state index contributed by atoms with van der Waals surface area (Å²) >= 11 is 0. The third-order valence-corrected chi connectivity index (χ3v) is 9.69. The van der Waals surface area contributed by atoms with Crippen molar-refractivity contribution >= 4 is 11.8 Å². The molecule has 5 atom stereocenters. The first kappa shape index (κ1) is 35.7. The van der Waals surface area contributed by atoms with Gasteiger partial charge in [-0.3, -0.25) is 14.5 Å². The summed E-state index contributed by atoms with van der Waals surface area (Å²) in [5, 5.41) is 25.4. The van der Waals surface area contributed by atoms with Crippen LogP contribution in [0.1, 0.15) is 87.0 Å². The Hall–Kier alpha value is -3.60. The molecule has 0 bridgehead atoms. The molecular formula is C39H51N3O6. The van der Waals surface area contributed by atoms with Crippen molar-refractivity contribution in [3.05, 3.63) is 95.1 Å². The summed E-state index contributed by atoms with van der Waals surface area (Å²) < 4.78 is 13.4. The zero-order valence-corrected chi connectivity index (χ0v) is 28.3. The van der Waals surface area contributed by atoms with E-state index in [1.807, 2.05) is 42.5 Å². The molecular weight excluding hydrogens is 606 g/mol. The maximum Gasteiger partial charge on any atom is 0.220 e. The zero-order chi connectivity index (χ0) is 33.9. The van der Waals surface area contributed by atoms with Crippen LogP contribution >= 0.6 is 0 Å². The van der Waals surface area contributed by atoms with Gasteiger partial charge in [0.25, 0.3) is 0 Å². The van der Waals surface area contributed by atoms with Gasteiger partial charge in [-0.25, -0.2) is 0 Å². The lowest BCUT2D eigenvalue weighted by Crippen LogP contribution is -2.46. The van der Waals surface area contributed by atoms with Gasteiger partial charge in [-0.1, -0.05) is 86.1 Å². The van der Waals surface area contributed by atoms with Crippen molar-refractivity contribution in [1.82, 2.24) is 15.5 Å². The van der Waals surface area contributed by atoms with E-state index in [9.17, 15) is 19.8 Å². The first-order valence-corrected chi connectivity index (χ1v) is 17.4. The monoisotopic (exact) mass is 657 g/mol. The second-order valence-corrected chi connectivity index (χ2v) is 13.1. The molecule has 5 rings (SSSR count). The van der Waals surface area contributed by atoms with Crippen molar-refractivity contribution < 1.29 is 29.3 Å². The number of hydrogen-bond donors (Lipinski definition) is 4. The zero-order valence-electron chi connectivity index (χ0n) is 28.3. The van der Waals surface area contributed by atoms with Crippen LogP contribution in [-0.2, 0) is 32.2 Å². The van der Waals surface area contributed by atoms with Gasteiger partial charge in [0.2, 0.25) is 11.8 Å². The minimum absolute atomic E-state index is 0.00278. The van der Waals surface area contributed by atoms with E-state index >= 15 is 0 Å². The SMILES string of the molecule is CC(=O)NCCCCCC(=O)NCc1ccccc1-c1ccc([C@@H]2O[C@H](CN3CCC[C@H]3CO)[C@H](C)[C@H](c3ccc(CO)cc3)O2)cc1. The van der Waals surface area contributed by atoms with Gasteiger partial charge >= 0.3 is 0 Å². The van der Waals surface area contributed by atoms with Gasteiger partial charge in [0, 0.05) is 50.5 Å². The topological polar surface area (TPSA) is 120 Å². The highest BCUT2D eigenvalue weighted by Gasteiger charge is 2.40. The van der Waals surface area contributed by atoms with E-state index in [0.717, 1.165) is 78.6 Å². The summed E-state index contributed by atoms with van der Waals surface area (Å²) in [5.74, 6) is 0.0711. The minimum atomic E-state index is -0.564. The standard InChI is InChI=1S/C39H51N3O6/c1-27-36(24-42-22-8-10-34(42)26-44)47-39(48-38(27)31-15-13-29(25-43)14-16-31)32-19-17-30(18-20-32)35-11-6-5-9-33(35)23-41-37(46)12-4-3-7-21-40-28(2)45/h5-6,9,11,13-20,27,34,36,38-39,43-44H,3-4,7-8,10,12,21-26H2,1-2H3,(H,40,45)(H,41,46)/t27-,34-,36+,38+,39+/m0/s1. The Morgan fingerprint density at radius 3 is 2.38 bits per heavy atom. The normalized spacial score (nSPS) is 22.8. The number of rotatable bonds is 15. The molecule has 2 amide bonds. The highest BCUT2D eigenvalue weighted by atomic mass is 16.7. The minimum Gasteiger partial charge on any atom is -0.395 e. The summed E-state index contributed by atoms with van der Waals surface area (Å²) in [6.45, 7) is 6.60. The summed E-state index contributed by atoms with van der Waals surface area (Å²) in [7, 11) is 0. The van der Waals surface area contributed by atoms with E-state index < -0.39 is 6.29 Å². The van der Waals surface area contributed by atoms with Crippen molar-refractivity contribution in [2.24, 2.45) is 5.92 Å². The molecule has 0 aromatic heterocycles. The molecule has 3 aromatic carbocycles. The summed E-state index contributed by atoms with van der Waals surface area (Å²) in [6, 6.07) is 24.5. The van der Waals surface area contributed by atoms with Gasteiger partial charge in [0.15, 0.2) is 6.29 Å². The quantitative estimate of drug-likeness (QED) is 0.162. The average molecular weight is 658 g/mol. The molecule has 258 valence electrons. The summed E-state index contributed by atoms with van der Waals surface area (Å²) in [4.78, 5) is 25.9. The molecule has 3 aromatic rings. The van der Waals surface area contributed by atoms with Gasteiger partial charge in [-0.2, -0.15) is 0 Å².